The highest BCUT2D eigenvalue weighted by Gasteiger charge is 2.48. The number of carboxylic acid groups (broad SMARTS) is 2. The van der Waals surface area contributed by atoms with E-state index >= 15 is 0 Å². The van der Waals surface area contributed by atoms with Gasteiger partial charge in [0.1, 0.15) is 0 Å². The highest BCUT2D eigenvalue weighted by atomic mass is 16.4. The maximum absolute atomic E-state index is 11.6. The summed E-state index contributed by atoms with van der Waals surface area (Å²) in [6, 6.07) is 0. The second kappa shape index (κ2) is 5.34. The van der Waals surface area contributed by atoms with Gasteiger partial charge < -0.3 is 10.2 Å². The van der Waals surface area contributed by atoms with Crippen LogP contribution in [0.5, 0.6) is 0 Å². The molecule has 0 radical (unpaired) electrons. The molecular formula is C13H20O4. The molecule has 4 heteroatoms. The van der Waals surface area contributed by atoms with Crippen molar-refractivity contribution in [3.8, 4) is 0 Å². The molecule has 1 rings (SSSR count). The standard InChI is InChI=1S/C13H20O4/c1-9(2)7-13(12(16)17,8-11(14)15)10-5-3-4-6-10/h10H,1,3-8H2,2H3,(H,14,15)(H,16,17)/t13-/m0/s1. The van der Waals surface area contributed by atoms with Crippen LogP contribution in [0.2, 0.25) is 0 Å². The van der Waals surface area contributed by atoms with Crippen molar-refractivity contribution in [3.63, 3.8) is 0 Å². The summed E-state index contributed by atoms with van der Waals surface area (Å²) in [5.74, 6) is -2.07. The molecule has 0 aromatic carbocycles. The molecule has 1 aliphatic rings. The molecular weight excluding hydrogens is 220 g/mol. The first-order valence-corrected chi connectivity index (χ1v) is 5.98. The lowest BCUT2D eigenvalue weighted by Gasteiger charge is -2.34. The van der Waals surface area contributed by atoms with Crippen molar-refractivity contribution in [3.05, 3.63) is 12.2 Å². The van der Waals surface area contributed by atoms with Crippen molar-refractivity contribution >= 4 is 11.9 Å². The Kier molecular flexibility index (Phi) is 4.32. The predicted octanol–water partition coefficient (Wildman–Crippen LogP) is 2.69. The second-order valence-corrected chi connectivity index (χ2v) is 5.15. The van der Waals surface area contributed by atoms with Gasteiger partial charge in [-0.05, 0) is 32.1 Å². The van der Waals surface area contributed by atoms with Crippen LogP contribution in [0, 0.1) is 11.3 Å². The van der Waals surface area contributed by atoms with Crippen LogP contribution < -0.4 is 0 Å². The Morgan fingerprint density at radius 2 is 1.76 bits per heavy atom. The molecule has 0 amide bonds. The van der Waals surface area contributed by atoms with E-state index in [0.717, 1.165) is 31.3 Å². The van der Waals surface area contributed by atoms with Gasteiger partial charge in [0.05, 0.1) is 11.8 Å². The number of allylic oxidation sites excluding steroid dienone is 1. The van der Waals surface area contributed by atoms with E-state index in [0.29, 0.717) is 0 Å². The molecule has 2 N–H and O–H groups in total. The lowest BCUT2D eigenvalue weighted by Crippen LogP contribution is -2.40. The Bertz CT molecular complexity index is 310. The third-order valence-electron chi connectivity index (χ3n) is 3.65. The van der Waals surface area contributed by atoms with Gasteiger partial charge in [0.2, 0.25) is 0 Å². The molecule has 1 atom stereocenters. The molecule has 1 saturated carbocycles. The van der Waals surface area contributed by atoms with Gasteiger partial charge in [0, 0.05) is 0 Å². The van der Waals surface area contributed by atoms with E-state index < -0.39 is 17.4 Å². The smallest absolute Gasteiger partial charge is 0.310 e. The first-order chi connectivity index (χ1) is 7.88. The van der Waals surface area contributed by atoms with Crippen molar-refractivity contribution in [2.75, 3.05) is 0 Å². The third kappa shape index (κ3) is 3.08. The van der Waals surface area contributed by atoms with Crippen LogP contribution in [0.1, 0.15) is 45.4 Å². The Hall–Kier alpha value is -1.32. The fourth-order valence-electron chi connectivity index (χ4n) is 2.96. The summed E-state index contributed by atoms with van der Waals surface area (Å²) in [5, 5.41) is 18.5. The predicted molar refractivity (Wildman–Crippen MR) is 63.7 cm³/mol. The molecule has 4 nitrogen and oxygen atoms in total. The van der Waals surface area contributed by atoms with Gasteiger partial charge in [-0.1, -0.05) is 18.4 Å². The van der Waals surface area contributed by atoms with E-state index in [9.17, 15) is 14.7 Å². The maximum atomic E-state index is 11.6. The summed E-state index contributed by atoms with van der Waals surface area (Å²) in [6.45, 7) is 5.50. The van der Waals surface area contributed by atoms with Crippen LogP contribution in [-0.2, 0) is 9.59 Å². The summed E-state index contributed by atoms with van der Waals surface area (Å²) in [7, 11) is 0. The molecule has 0 bridgehead atoms. The van der Waals surface area contributed by atoms with Crippen LogP contribution in [-0.4, -0.2) is 22.2 Å². The fraction of sp³-hybridized carbons (Fsp3) is 0.692. The van der Waals surface area contributed by atoms with Gasteiger partial charge in [0.15, 0.2) is 0 Å². The summed E-state index contributed by atoms with van der Waals surface area (Å²) in [5.41, 5.74) is -0.422. The Morgan fingerprint density at radius 1 is 1.24 bits per heavy atom. The second-order valence-electron chi connectivity index (χ2n) is 5.15. The average Bonchev–Trinajstić information content (AvgIpc) is 2.67. The van der Waals surface area contributed by atoms with Gasteiger partial charge in [0.25, 0.3) is 0 Å². The number of aliphatic carboxylic acids is 2. The highest BCUT2D eigenvalue weighted by Crippen LogP contribution is 2.46. The first kappa shape index (κ1) is 13.7. The van der Waals surface area contributed by atoms with E-state index in [2.05, 4.69) is 6.58 Å². The van der Waals surface area contributed by atoms with Crippen LogP contribution in [0.25, 0.3) is 0 Å². The number of rotatable bonds is 6. The Labute approximate surface area is 101 Å². The summed E-state index contributed by atoms with van der Waals surface area (Å²) in [6.07, 6.45) is 3.57. The largest absolute Gasteiger partial charge is 0.481 e. The van der Waals surface area contributed by atoms with Crippen LogP contribution >= 0.6 is 0 Å². The third-order valence-corrected chi connectivity index (χ3v) is 3.65. The zero-order valence-electron chi connectivity index (χ0n) is 10.2. The zero-order valence-corrected chi connectivity index (χ0v) is 10.2. The molecule has 1 aliphatic carbocycles. The van der Waals surface area contributed by atoms with Crippen molar-refractivity contribution in [1.29, 1.82) is 0 Å². The van der Waals surface area contributed by atoms with Crippen LogP contribution in [0.15, 0.2) is 12.2 Å². The number of carbonyl (C=O) groups is 2. The Morgan fingerprint density at radius 3 is 2.12 bits per heavy atom. The minimum Gasteiger partial charge on any atom is -0.481 e. The number of hydrogen-bond acceptors (Lipinski definition) is 2. The SMILES string of the molecule is C=C(C)C[C@@](CC(=O)O)(C(=O)O)C1CCCC1. The normalized spacial score (nSPS) is 19.8. The first-order valence-electron chi connectivity index (χ1n) is 5.98. The van der Waals surface area contributed by atoms with Crippen molar-refractivity contribution in [2.24, 2.45) is 11.3 Å². The van der Waals surface area contributed by atoms with Crippen LogP contribution in [0.3, 0.4) is 0 Å². The topological polar surface area (TPSA) is 74.6 Å². The molecule has 0 heterocycles. The molecule has 0 unspecified atom stereocenters. The summed E-state index contributed by atoms with van der Waals surface area (Å²) in [4.78, 5) is 22.5. The molecule has 96 valence electrons. The maximum Gasteiger partial charge on any atom is 0.310 e. The lowest BCUT2D eigenvalue weighted by atomic mass is 9.68. The van der Waals surface area contributed by atoms with Crippen molar-refractivity contribution in [1.82, 2.24) is 0 Å². The van der Waals surface area contributed by atoms with Gasteiger partial charge in [-0.15, -0.1) is 6.58 Å². The van der Waals surface area contributed by atoms with E-state index in [-0.39, 0.29) is 18.8 Å². The number of hydrogen-bond donors (Lipinski definition) is 2. The van der Waals surface area contributed by atoms with E-state index in [1.807, 2.05) is 0 Å². The minimum atomic E-state index is -1.16. The lowest BCUT2D eigenvalue weighted by molar-refractivity contribution is -0.159. The monoisotopic (exact) mass is 240 g/mol. The molecule has 0 saturated heterocycles. The molecule has 0 aromatic rings. The van der Waals surface area contributed by atoms with Crippen molar-refractivity contribution < 1.29 is 19.8 Å². The number of carboxylic acids is 2. The van der Waals surface area contributed by atoms with Gasteiger partial charge in [-0.25, -0.2) is 0 Å². The quantitative estimate of drug-likeness (QED) is 0.700. The molecule has 17 heavy (non-hydrogen) atoms. The summed E-state index contributed by atoms with van der Waals surface area (Å²) < 4.78 is 0. The highest BCUT2D eigenvalue weighted by molar-refractivity contribution is 5.82. The molecule has 0 aliphatic heterocycles. The zero-order chi connectivity index (χ0) is 13.1. The van der Waals surface area contributed by atoms with E-state index in [4.69, 9.17) is 5.11 Å². The fourth-order valence-corrected chi connectivity index (χ4v) is 2.96. The Balaban J connectivity index is 3.04. The summed E-state index contributed by atoms with van der Waals surface area (Å²) >= 11 is 0. The minimum absolute atomic E-state index is 0.0344. The average molecular weight is 240 g/mol. The van der Waals surface area contributed by atoms with E-state index in [1.165, 1.54) is 0 Å². The van der Waals surface area contributed by atoms with E-state index in [1.54, 1.807) is 6.92 Å². The van der Waals surface area contributed by atoms with Gasteiger partial charge >= 0.3 is 11.9 Å². The van der Waals surface area contributed by atoms with Crippen molar-refractivity contribution in [2.45, 2.75) is 45.4 Å². The molecule has 0 spiro atoms. The van der Waals surface area contributed by atoms with Crippen LogP contribution in [0.4, 0.5) is 0 Å². The molecule has 1 fully saturated rings. The van der Waals surface area contributed by atoms with Gasteiger partial charge in [-0.3, -0.25) is 9.59 Å². The molecule has 0 aromatic heterocycles. The van der Waals surface area contributed by atoms with Gasteiger partial charge in [-0.2, -0.15) is 0 Å².